The first kappa shape index (κ1) is 18.9. The van der Waals surface area contributed by atoms with Gasteiger partial charge < -0.3 is 9.80 Å². The number of nitrogens with zero attached hydrogens (tertiary/aromatic N) is 3. The SMILES string of the molecule is Cc1[nH]nc2c(-c3ccc(C(=O)N4CCN(C(=O)C5(C)CC5)CC4)cc3)cccc12. The summed E-state index contributed by atoms with van der Waals surface area (Å²) in [6, 6.07) is 13.9. The molecule has 3 aromatic rings. The number of benzene rings is 2. The molecule has 0 atom stereocenters. The summed E-state index contributed by atoms with van der Waals surface area (Å²) in [5, 5.41) is 8.59. The van der Waals surface area contributed by atoms with Crippen molar-refractivity contribution in [3.05, 3.63) is 53.7 Å². The average molecular weight is 402 g/mol. The van der Waals surface area contributed by atoms with Gasteiger partial charge in [0.2, 0.25) is 5.91 Å². The van der Waals surface area contributed by atoms with Crippen molar-refractivity contribution in [1.29, 1.82) is 0 Å². The molecule has 1 N–H and O–H groups in total. The molecule has 6 heteroatoms. The van der Waals surface area contributed by atoms with Crippen molar-refractivity contribution in [2.24, 2.45) is 5.41 Å². The summed E-state index contributed by atoms with van der Waals surface area (Å²) in [5.41, 5.74) is 4.62. The van der Waals surface area contributed by atoms with Crippen molar-refractivity contribution >= 4 is 22.7 Å². The number of aromatic nitrogens is 2. The Kier molecular flexibility index (Phi) is 4.38. The molecular weight excluding hydrogens is 376 g/mol. The van der Waals surface area contributed by atoms with E-state index in [1.54, 1.807) is 0 Å². The molecule has 1 saturated carbocycles. The third kappa shape index (κ3) is 3.16. The molecule has 1 aliphatic heterocycles. The zero-order valence-electron chi connectivity index (χ0n) is 17.4. The van der Waals surface area contributed by atoms with Gasteiger partial charge in [-0.05, 0) is 37.5 Å². The van der Waals surface area contributed by atoms with Crippen LogP contribution in [0.4, 0.5) is 0 Å². The Hall–Kier alpha value is -3.15. The predicted octanol–water partition coefficient (Wildman–Crippen LogP) is 3.62. The van der Waals surface area contributed by atoms with Gasteiger partial charge in [0.05, 0.1) is 0 Å². The lowest BCUT2D eigenvalue weighted by atomic mass is 10.0. The maximum atomic E-state index is 13.0. The zero-order chi connectivity index (χ0) is 20.9. The summed E-state index contributed by atoms with van der Waals surface area (Å²) < 4.78 is 0. The van der Waals surface area contributed by atoms with Crippen molar-refractivity contribution in [1.82, 2.24) is 20.0 Å². The summed E-state index contributed by atoms with van der Waals surface area (Å²) >= 11 is 0. The van der Waals surface area contributed by atoms with Crippen LogP contribution < -0.4 is 0 Å². The molecule has 0 spiro atoms. The van der Waals surface area contributed by atoms with Gasteiger partial charge in [-0.15, -0.1) is 0 Å². The van der Waals surface area contributed by atoms with Crippen LogP contribution in [0.3, 0.4) is 0 Å². The van der Waals surface area contributed by atoms with Gasteiger partial charge in [0.25, 0.3) is 5.91 Å². The molecule has 2 aliphatic rings. The summed E-state index contributed by atoms with van der Waals surface area (Å²) in [7, 11) is 0. The Morgan fingerprint density at radius 3 is 2.30 bits per heavy atom. The average Bonchev–Trinajstić information content (AvgIpc) is 3.43. The number of fused-ring (bicyclic) bond motifs is 1. The number of hydrogen-bond donors (Lipinski definition) is 1. The van der Waals surface area contributed by atoms with Crippen LogP contribution in [0.1, 0.15) is 35.8 Å². The smallest absolute Gasteiger partial charge is 0.253 e. The van der Waals surface area contributed by atoms with E-state index in [1.807, 2.05) is 54.0 Å². The molecule has 154 valence electrons. The molecule has 30 heavy (non-hydrogen) atoms. The first-order chi connectivity index (χ1) is 14.5. The van der Waals surface area contributed by atoms with Crippen LogP contribution in [0.2, 0.25) is 0 Å². The summed E-state index contributed by atoms with van der Waals surface area (Å²) in [6.07, 6.45) is 1.98. The number of nitrogens with one attached hydrogen (secondary N) is 1. The third-order valence-corrected chi connectivity index (χ3v) is 6.59. The number of H-pyrrole nitrogens is 1. The van der Waals surface area contributed by atoms with Gasteiger partial charge in [0, 0.05) is 53.8 Å². The van der Waals surface area contributed by atoms with Crippen LogP contribution in [0.5, 0.6) is 0 Å². The van der Waals surface area contributed by atoms with Crippen LogP contribution in [-0.4, -0.2) is 58.0 Å². The highest BCUT2D eigenvalue weighted by atomic mass is 16.2. The van der Waals surface area contributed by atoms with E-state index in [0.29, 0.717) is 31.7 Å². The lowest BCUT2D eigenvalue weighted by Gasteiger charge is -2.36. The largest absolute Gasteiger partial charge is 0.339 e. The molecule has 2 aromatic carbocycles. The molecule has 0 radical (unpaired) electrons. The highest BCUT2D eigenvalue weighted by molar-refractivity contribution is 5.97. The van der Waals surface area contributed by atoms with Gasteiger partial charge in [0.15, 0.2) is 0 Å². The first-order valence-corrected chi connectivity index (χ1v) is 10.6. The van der Waals surface area contributed by atoms with E-state index in [2.05, 4.69) is 22.3 Å². The summed E-state index contributed by atoms with van der Waals surface area (Å²) in [6.45, 7) is 6.48. The van der Waals surface area contributed by atoms with E-state index < -0.39 is 0 Å². The van der Waals surface area contributed by atoms with Gasteiger partial charge in [0.1, 0.15) is 5.52 Å². The first-order valence-electron chi connectivity index (χ1n) is 10.6. The number of rotatable bonds is 3. The van der Waals surface area contributed by atoms with Crippen LogP contribution in [-0.2, 0) is 4.79 Å². The van der Waals surface area contributed by atoms with Gasteiger partial charge in [-0.2, -0.15) is 5.10 Å². The minimum absolute atomic E-state index is 0.0279. The highest BCUT2D eigenvalue weighted by Gasteiger charge is 2.47. The van der Waals surface area contributed by atoms with Gasteiger partial charge in [-0.25, -0.2) is 0 Å². The number of amides is 2. The van der Waals surface area contributed by atoms with Crippen molar-refractivity contribution in [2.75, 3.05) is 26.2 Å². The maximum Gasteiger partial charge on any atom is 0.253 e. The quantitative estimate of drug-likeness (QED) is 0.727. The van der Waals surface area contributed by atoms with E-state index >= 15 is 0 Å². The van der Waals surface area contributed by atoms with E-state index in [0.717, 1.165) is 40.6 Å². The Morgan fingerprint density at radius 1 is 0.967 bits per heavy atom. The van der Waals surface area contributed by atoms with Crippen molar-refractivity contribution in [3.63, 3.8) is 0 Å². The topological polar surface area (TPSA) is 69.3 Å². The predicted molar refractivity (Wildman–Crippen MR) is 116 cm³/mol. The second-order valence-corrected chi connectivity index (χ2v) is 8.77. The Labute approximate surface area is 175 Å². The lowest BCUT2D eigenvalue weighted by molar-refractivity contribution is -0.137. The number of carbonyl (C=O) groups excluding carboxylic acids is 2. The van der Waals surface area contributed by atoms with Gasteiger partial charge in [-0.1, -0.05) is 37.3 Å². The molecule has 0 unspecified atom stereocenters. The fourth-order valence-corrected chi connectivity index (χ4v) is 4.27. The normalized spacial score (nSPS) is 17.9. The fourth-order valence-electron chi connectivity index (χ4n) is 4.27. The van der Waals surface area contributed by atoms with Crippen LogP contribution in [0.25, 0.3) is 22.0 Å². The lowest BCUT2D eigenvalue weighted by Crippen LogP contribution is -2.52. The number of aromatic amines is 1. The molecule has 2 heterocycles. The number of para-hydroxylation sites is 1. The van der Waals surface area contributed by atoms with Crippen LogP contribution in [0, 0.1) is 12.3 Å². The maximum absolute atomic E-state index is 13.0. The van der Waals surface area contributed by atoms with E-state index in [-0.39, 0.29) is 17.2 Å². The van der Waals surface area contributed by atoms with E-state index in [9.17, 15) is 9.59 Å². The molecule has 1 saturated heterocycles. The Balaban J connectivity index is 1.29. The second-order valence-electron chi connectivity index (χ2n) is 8.77. The third-order valence-electron chi connectivity index (χ3n) is 6.59. The molecule has 5 rings (SSSR count). The molecule has 2 amide bonds. The summed E-state index contributed by atoms with van der Waals surface area (Å²) in [4.78, 5) is 29.2. The molecular formula is C24H26N4O2. The van der Waals surface area contributed by atoms with E-state index in [1.165, 1.54) is 0 Å². The number of hydrogen-bond acceptors (Lipinski definition) is 3. The van der Waals surface area contributed by atoms with Crippen LogP contribution >= 0.6 is 0 Å². The van der Waals surface area contributed by atoms with Crippen molar-refractivity contribution < 1.29 is 9.59 Å². The Morgan fingerprint density at radius 2 is 1.63 bits per heavy atom. The second kappa shape index (κ2) is 6.97. The summed E-state index contributed by atoms with van der Waals surface area (Å²) in [5.74, 6) is 0.279. The van der Waals surface area contributed by atoms with Crippen LogP contribution in [0.15, 0.2) is 42.5 Å². The zero-order valence-corrected chi connectivity index (χ0v) is 17.4. The standard InChI is InChI=1S/C24H26N4O2/c1-16-19-4-3-5-20(21(19)26-25-16)17-6-8-18(9-7-17)22(29)27-12-14-28(15-13-27)23(30)24(2)10-11-24/h3-9H,10-15H2,1-2H3,(H,25,26). The number of piperazine rings is 1. The fraction of sp³-hybridized carbons (Fsp3) is 0.375. The minimum Gasteiger partial charge on any atom is -0.339 e. The van der Waals surface area contributed by atoms with Gasteiger partial charge in [-0.3, -0.25) is 14.7 Å². The number of aryl methyl sites for hydroxylation is 1. The van der Waals surface area contributed by atoms with Crippen molar-refractivity contribution in [2.45, 2.75) is 26.7 Å². The van der Waals surface area contributed by atoms with Gasteiger partial charge >= 0.3 is 0 Å². The van der Waals surface area contributed by atoms with Crippen molar-refractivity contribution in [3.8, 4) is 11.1 Å². The number of carbonyl (C=O) groups is 2. The molecule has 0 bridgehead atoms. The minimum atomic E-state index is -0.141. The molecule has 6 nitrogen and oxygen atoms in total. The highest BCUT2D eigenvalue weighted by Crippen LogP contribution is 2.46. The monoisotopic (exact) mass is 402 g/mol. The molecule has 1 aliphatic carbocycles. The molecule has 2 fully saturated rings. The molecule has 1 aromatic heterocycles. The van der Waals surface area contributed by atoms with E-state index in [4.69, 9.17) is 0 Å². The Bertz CT molecular complexity index is 1120.